The fourth-order valence-electron chi connectivity index (χ4n) is 1.29. The minimum Gasteiger partial charge on any atom is -0.352 e. The lowest BCUT2D eigenvalue weighted by Crippen LogP contribution is -2.24. The Morgan fingerprint density at radius 2 is 2.00 bits per heavy atom. The summed E-state index contributed by atoms with van der Waals surface area (Å²) in [7, 11) is 0. The number of nitrogens with zero attached hydrogens (tertiary/aromatic N) is 1. The number of nitrogens with two attached hydrogens (primary N) is 1. The first-order valence-corrected chi connectivity index (χ1v) is 5.33. The van der Waals surface area contributed by atoms with Crippen LogP contribution in [0.15, 0.2) is 29.3 Å². The van der Waals surface area contributed by atoms with Gasteiger partial charge in [-0.25, -0.2) is 0 Å². The first-order valence-electron chi connectivity index (χ1n) is 5.33. The number of amides is 1. The van der Waals surface area contributed by atoms with E-state index in [0.717, 1.165) is 18.5 Å². The standard InChI is InChI=1S/C12H17N3O/c1-14-11-6-4-10(5-7-11)12(16)15-9-3-2-8-13/h4-7H,1-3,8-9,13H2,(H,15,16). The van der Waals surface area contributed by atoms with Crippen molar-refractivity contribution in [1.82, 2.24) is 5.32 Å². The minimum absolute atomic E-state index is 0.0624. The molecule has 0 fully saturated rings. The van der Waals surface area contributed by atoms with Gasteiger partial charge >= 0.3 is 0 Å². The molecule has 0 aromatic heterocycles. The smallest absolute Gasteiger partial charge is 0.251 e. The van der Waals surface area contributed by atoms with Gasteiger partial charge in [0.25, 0.3) is 5.91 Å². The molecule has 0 atom stereocenters. The molecule has 16 heavy (non-hydrogen) atoms. The summed E-state index contributed by atoms with van der Waals surface area (Å²) in [6, 6.07) is 7.01. The van der Waals surface area contributed by atoms with Crippen LogP contribution in [0.2, 0.25) is 0 Å². The third kappa shape index (κ3) is 3.82. The predicted molar refractivity (Wildman–Crippen MR) is 66.3 cm³/mol. The van der Waals surface area contributed by atoms with E-state index in [2.05, 4.69) is 17.0 Å². The van der Waals surface area contributed by atoms with E-state index >= 15 is 0 Å². The SMILES string of the molecule is C=Nc1ccc(C(=O)NCCCCN)cc1. The summed E-state index contributed by atoms with van der Waals surface area (Å²) < 4.78 is 0. The monoisotopic (exact) mass is 219 g/mol. The Morgan fingerprint density at radius 1 is 1.31 bits per heavy atom. The van der Waals surface area contributed by atoms with Crippen LogP contribution in [0.5, 0.6) is 0 Å². The summed E-state index contributed by atoms with van der Waals surface area (Å²) in [4.78, 5) is 15.4. The molecule has 0 aliphatic rings. The first kappa shape index (κ1) is 12.4. The Balaban J connectivity index is 2.43. The van der Waals surface area contributed by atoms with Gasteiger partial charge in [-0.15, -0.1) is 0 Å². The van der Waals surface area contributed by atoms with Gasteiger partial charge in [-0.3, -0.25) is 9.79 Å². The number of nitrogens with one attached hydrogen (secondary N) is 1. The van der Waals surface area contributed by atoms with Gasteiger partial charge in [0.1, 0.15) is 0 Å². The van der Waals surface area contributed by atoms with Crippen LogP contribution >= 0.6 is 0 Å². The number of unbranched alkanes of at least 4 members (excludes halogenated alkanes) is 1. The van der Waals surface area contributed by atoms with Crippen molar-refractivity contribution < 1.29 is 4.79 Å². The third-order valence-electron chi connectivity index (χ3n) is 2.23. The molecule has 3 N–H and O–H groups in total. The Morgan fingerprint density at radius 3 is 2.56 bits per heavy atom. The second-order valence-electron chi connectivity index (χ2n) is 3.46. The lowest BCUT2D eigenvalue weighted by molar-refractivity contribution is 0.0953. The van der Waals surface area contributed by atoms with Crippen molar-refractivity contribution in [3.8, 4) is 0 Å². The van der Waals surface area contributed by atoms with Crippen molar-refractivity contribution in [1.29, 1.82) is 0 Å². The number of hydrogen-bond acceptors (Lipinski definition) is 3. The molecule has 86 valence electrons. The summed E-state index contributed by atoms with van der Waals surface area (Å²) in [5.74, 6) is -0.0624. The molecule has 0 saturated heterocycles. The summed E-state index contributed by atoms with van der Waals surface area (Å²) in [6.07, 6.45) is 1.84. The van der Waals surface area contributed by atoms with Crippen molar-refractivity contribution in [3.63, 3.8) is 0 Å². The fourth-order valence-corrected chi connectivity index (χ4v) is 1.29. The highest BCUT2D eigenvalue weighted by atomic mass is 16.1. The Kier molecular flexibility index (Phi) is 5.22. The van der Waals surface area contributed by atoms with Crippen molar-refractivity contribution >= 4 is 18.3 Å². The van der Waals surface area contributed by atoms with Crippen LogP contribution in [0.25, 0.3) is 0 Å². The van der Waals surface area contributed by atoms with Crippen LogP contribution in [0.3, 0.4) is 0 Å². The molecular weight excluding hydrogens is 202 g/mol. The number of benzene rings is 1. The van der Waals surface area contributed by atoms with Crippen LogP contribution in [-0.4, -0.2) is 25.7 Å². The molecule has 4 nitrogen and oxygen atoms in total. The highest BCUT2D eigenvalue weighted by Gasteiger charge is 2.03. The maximum atomic E-state index is 11.6. The number of rotatable bonds is 6. The number of carbonyl (C=O) groups is 1. The molecule has 0 spiro atoms. The van der Waals surface area contributed by atoms with E-state index in [1.165, 1.54) is 0 Å². The van der Waals surface area contributed by atoms with Gasteiger partial charge in [-0.2, -0.15) is 0 Å². The molecule has 0 heterocycles. The van der Waals surface area contributed by atoms with E-state index in [4.69, 9.17) is 5.73 Å². The zero-order valence-corrected chi connectivity index (χ0v) is 9.28. The highest BCUT2D eigenvalue weighted by molar-refractivity contribution is 5.94. The average molecular weight is 219 g/mol. The first-order chi connectivity index (χ1) is 7.77. The van der Waals surface area contributed by atoms with Gasteiger partial charge in [-0.1, -0.05) is 0 Å². The molecule has 1 aromatic rings. The van der Waals surface area contributed by atoms with Crippen LogP contribution in [0, 0.1) is 0 Å². The average Bonchev–Trinajstić information content (AvgIpc) is 2.34. The molecule has 1 amide bonds. The van der Waals surface area contributed by atoms with Crippen molar-refractivity contribution in [3.05, 3.63) is 29.8 Å². The zero-order valence-electron chi connectivity index (χ0n) is 9.28. The normalized spacial score (nSPS) is 9.81. The largest absolute Gasteiger partial charge is 0.352 e. The topological polar surface area (TPSA) is 67.5 Å². The zero-order chi connectivity index (χ0) is 11.8. The maximum Gasteiger partial charge on any atom is 0.251 e. The van der Waals surface area contributed by atoms with E-state index in [9.17, 15) is 4.79 Å². The summed E-state index contributed by atoms with van der Waals surface area (Å²) in [5.41, 5.74) is 6.76. The molecule has 1 aromatic carbocycles. The van der Waals surface area contributed by atoms with E-state index in [1.807, 2.05) is 0 Å². The molecule has 0 saturated carbocycles. The summed E-state index contributed by atoms with van der Waals surface area (Å²) in [6.45, 7) is 4.74. The summed E-state index contributed by atoms with van der Waals surface area (Å²) >= 11 is 0. The van der Waals surface area contributed by atoms with Crippen LogP contribution < -0.4 is 11.1 Å². The van der Waals surface area contributed by atoms with E-state index in [-0.39, 0.29) is 5.91 Å². The van der Waals surface area contributed by atoms with Gasteiger partial charge < -0.3 is 11.1 Å². The van der Waals surface area contributed by atoms with Crippen LogP contribution in [-0.2, 0) is 0 Å². The second-order valence-corrected chi connectivity index (χ2v) is 3.46. The predicted octanol–water partition coefficient (Wildman–Crippen LogP) is 1.49. The van der Waals surface area contributed by atoms with Gasteiger partial charge in [0.05, 0.1) is 5.69 Å². The molecule has 0 bridgehead atoms. The van der Waals surface area contributed by atoms with Crippen LogP contribution in [0.4, 0.5) is 5.69 Å². The quantitative estimate of drug-likeness (QED) is 0.562. The van der Waals surface area contributed by atoms with Gasteiger partial charge in [-0.05, 0) is 50.4 Å². The number of hydrogen-bond donors (Lipinski definition) is 2. The van der Waals surface area contributed by atoms with E-state index in [0.29, 0.717) is 18.7 Å². The molecule has 0 aliphatic heterocycles. The maximum absolute atomic E-state index is 11.6. The number of aliphatic imine (C=N–C) groups is 1. The molecule has 4 heteroatoms. The van der Waals surface area contributed by atoms with Crippen LogP contribution in [0.1, 0.15) is 23.2 Å². The molecule has 0 unspecified atom stereocenters. The van der Waals surface area contributed by atoms with Crippen molar-refractivity contribution in [2.45, 2.75) is 12.8 Å². The van der Waals surface area contributed by atoms with E-state index in [1.54, 1.807) is 24.3 Å². The third-order valence-corrected chi connectivity index (χ3v) is 2.23. The second kappa shape index (κ2) is 6.74. The highest BCUT2D eigenvalue weighted by Crippen LogP contribution is 2.11. The van der Waals surface area contributed by atoms with Gasteiger partial charge in [0.2, 0.25) is 0 Å². The Bertz CT molecular complexity index is 346. The van der Waals surface area contributed by atoms with Gasteiger partial charge in [0, 0.05) is 12.1 Å². The minimum atomic E-state index is -0.0624. The fraction of sp³-hybridized carbons (Fsp3) is 0.333. The molecular formula is C12H17N3O. The Labute approximate surface area is 95.6 Å². The Hall–Kier alpha value is -1.68. The lowest BCUT2D eigenvalue weighted by atomic mass is 10.2. The molecule has 1 rings (SSSR count). The summed E-state index contributed by atoms with van der Waals surface area (Å²) in [5, 5.41) is 2.83. The number of carbonyl (C=O) groups excluding carboxylic acids is 1. The molecule has 0 aliphatic carbocycles. The van der Waals surface area contributed by atoms with E-state index < -0.39 is 0 Å². The van der Waals surface area contributed by atoms with Crippen molar-refractivity contribution in [2.24, 2.45) is 10.7 Å². The lowest BCUT2D eigenvalue weighted by Gasteiger charge is -2.04. The van der Waals surface area contributed by atoms with Crippen molar-refractivity contribution in [2.75, 3.05) is 13.1 Å². The van der Waals surface area contributed by atoms with Gasteiger partial charge in [0.15, 0.2) is 0 Å². The molecule has 0 radical (unpaired) electrons.